The molecule has 1 aromatic heterocycles. The second kappa shape index (κ2) is 6.12. The molecule has 21 heavy (non-hydrogen) atoms. The topological polar surface area (TPSA) is 47.0 Å². The van der Waals surface area contributed by atoms with Crippen molar-refractivity contribution in [1.29, 1.82) is 0 Å². The van der Waals surface area contributed by atoms with Gasteiger partial charge in [0, 0.05) is 24.1 Å². The number of nitrogens with one attached hydrogen (secondary N) is 1. The van der Waals surface area contributed by atoms with Crippen LogP contribution in [-0.4, -0.2) is 23.6 Å². The molecule has 4 heteroatoms. The van der Waals surface area contributed by atoms with Crippen LogP contribution in [0, 0.1) is 0 Å². The number of aromatic nitrogens is 2. The van der Waals surface area contributed by atoms with E-state index in [1.165, 1.54) is 0 Å². The van der Waals surface area contributed by atoms with Crippen LogP contribution in [0.3, 0.4) is 0 Å². The lowest BCUT2D eigenvalue weighted by molar-refractivity contribution is 0.340. The van der Waals surface area contributed by atoms with Gasteiger partial charge in [-0.05, 0) is 19.1 Å². The fourth-order valence-corrected chi connectivity index (χ4v) is 1.97. The van der Waals surface area contributed by atoms with Crippen LogP contribution < -0.4 is 10.1 Å². The minimum Gasteiger partial charge on any atom is -0.494 e. The highest BCUT2D eigenvalue weighted by Gasteiger charge is 2.19. The van der Waals surface area contributed by atoms with Gasteiger partial charge in [-0.15, -0.1) is 0 Å². The van der Waals surface area contributed by atoms with Gasteiger partial charge in [0.05, 0.1) is 12.3 Å². The summed E-state index contributed by atoms with van der Waals surface area (Å²) in [6.07, 6.45) is 0. The van der Waals surface area contributed by atoms with Gasteiger partial charge in [-0.25, -0.2) is 9.97 Å². The Morgan fingerprint density at radius 1 is 1.14 bits per heavy atom. The van der Waals surface area contributed by atoms with Crippen LogP contribution in [0.4, 0.5) is 5.82 Å². The number of rotatable bonds is 4. The van der Waals surface area contributed by atoms with E-state index in [0.717, 1.165) is 28.6 Å². The van der Waals surface area contributed by atoms with E-state index in [9.17, 15) is 0 Å². The third-order valence-corrected chi connectivity index (χ3v) is 3.09. The summed E-state index contributed by atoms with van der Waals surface area (Å²) in [5.41, 5.74) is 1.84. The van der Waals surface area contributed by atoms with Crippen molar-refractivity contribution in [2.45, 2.75) is 33.1 Å². The van der Waals surface area contributed by atoms with E-state index >= 15 is 0 Å². The van der Waals surface area contributed by atoms with Crippen LogP contribution in [0.2, 0.25) is 0 Å². The van der Waals surface area contributed by atoms with E-state index in [1.807, 2.05) is 44.3 Å². The van der Waals surface area contributed by atoms with Crippen molar-refractivity contribution in [2.75, 3.05) is 19.0 Å². The Morgan fingerprint density at radius 2 is 1.90 bits per heavy atom. The summed E-state index contributed by atoms with van der Waals surface area (Å²) in [6, 6.07) is 9.95. The standard InChI is InChI=1S/C17H23N3O/c1-6-21-13-9-7-8-12(10-13)14-11-15(18-5)20-16(19-14)17(2,3)4/h7-11H,6H2,1-5H3,(H,18,19,20). The molecule has 112 valence electrons. The van der Waals surface area contributed by atoms with Crippen molar-refractivity contribution in [1.82, 2.24) is 9.97 Å². The molecular weight excluding hydrogens is 262 g/mol. The molecule has 1 heterocycles. The number of anilines is 1. The Bertz CT molecular complexity index is 618. The molecule has 0 aliphatic rings. The van der Waals surface area contributed by atoms with E-state index in [-0.39, 0.29) is 5.41 Å². The maximum absolute atomic E-state index is 5.56. The molecule has 0 bridgehead atoms. The fraction of sp³-hybridized carbons (Fsp3) is 0.412. The molecule has 0 saturated carbocycles. The SMILES string of the molecule is CCOc1cccc(-c2cc(NC)nc(C(C)(C)C)n2)c1. The van der Waals surface area contributed by atoms with Crippen LogP contribution in [0.5, 0.6) is 5.75 Å². The van der Waals surface area contributed by atoms with Crippen LogP contribution >= 0.6 is 0 Å². The lowest BCUT2D eigenvalue weighted by Gasteiger charge is -2.18. The lowest BCUT2D eigenvalue weighted by Crippen LogP contribution is -2.17. The fourth-order valence-electron chi connectivity index (χ4n) is 1.97. The zero-order valence-electron chi connectivity index (χ0n) is 13.4. The van der Waals surface area contributed by atoms with Crippen LogP contribution in [0.1, 0.15) is 33.5 Å². The zero-order valence-corrected chi connectivity index (χ0v) is 13.4. The Labute approximate surface area is 126 Å². The third-order valence-electron chi connectivity index (χ3n) is 3.09. The Hall–Kier alpha value is -2.10. The molecule has 0 aliphatic heterocycles. The minimum absolute atomic E-state index is 0.0981. The lowest BCUT2D eigenvalue weighted by atomic mass is 9.95. The molecule has 0 spiro atoms. The number of nitrogens with zero attached hydrogens (tertiary/aromatic N) is 2. The summed E-state index contributed by atoms with van der Waals surface area (Å²) in [7, 11) is 1.87. The Morgan fingerprint density at radius 3 is 2.52 bits per heavy atom. The number of hydrogen-bond donors (Lipinski definition) is 1. The van der Waals surface area contributed by atoms with Crippen LogP contribution in [0.15, 0.2) is 30.3 Å². The molecule has 0 saturated heterocycles. The van der Waals surface area contributed by atoms with Gasteiger partial charge < -0.3 is 10.1 Å². The van der Waals surface area contributed by atoms with E-state index in [4.69, 9.17) is 9.72 Å². The van der Waals surface area contributed by atoms with Gasteiger partial charge in [0.1, 0.15) is 17.4 Å². The number of ether oxygens (including phenoxy) is 1. The summed E-state index contributed by atoms with van der Waals surface area (Å²) in [4.78, 5) is 9.27. The van der Waals surface area contributed by atoms with Gasteiger partial charge in [-0.2, -0.15) is 0 Å². The van der Waals surface area contributed by atoms with E-state index in [2.05, 4.69) is 31.1 Å². The van der Waals surface area contributed by atoms with Gasteiger partial charge >= 0.3 is 0 Å². The van der Waals surface area contributed by atoms with Crippen LogP contribution in [-0.2, 0) is 5.41 Å². The summed E-state index contributed by atoms with van der Waals surface area (Å²) < 4.78 is 5.56. The molecule has 0 unspecified atom stereocenters. The van der Waals surface area contributed by atoms with Crippen molar-refractivity contribution in [3.05, 3.63) is 36.2 Å². The second-order valence-corrected chi connectivity index (χ2v) is 5.92. The second-order valence-electron chi connectivity index (χ2n) is 5.92. The van der Waals surface area contributed by atoms with Crippen molar-refractivity contribution < 1.29 is 4.74 Å². The average molecular weight is 285 g/mol. The molecule has 0 fully saturated rings. The largest absolute Gasteiger partial charge is 0.494 e. The van der Waals surface area contributed by atoms with Crippen molar-refractivity contribution in [2.24, 2.45) is 0 Å². The first-order valence-corrected chi connectivity index (χ1v) is 7.24. The number of benzene rings is 1. The summed E-state index contributed by atoms with van der Waals surface area (Å²) in [6.45, 7) is 8.98. The minimum atomic E-state index is -0.0981. The van der Waals surface area contributed by atoms with Crippen molar-refractivity contribution in [3.8, 4) is 17.0 Å². The van der Waals surface area contributed by atoms with Crippen LogP contribution in [0.25, 0.3) is 11.3 Å². The first-order valence-electron chi connectivity index (χ1n) is 7.24. The summed E-state index contributed by atoms with van der Waals surface area (Å²) in [5.74, 6) is 2.51. The Kier molecular flexibility index (Phi) is 4.46. The molecule has 0 amide bonds. The zero-order chi connectivity index (χ0) is 15.5. The molecular formula is C17H23N3O. The highest BCUT2D eigenvalue weighted by Crippen LogP contribution is 2.27. The average Bonchev–Trinajstić information content (AvgIpc) is 2.46. The molecule has 1 aromatic carbocycles. The van der Waals surface area contributed by atoms with Crippen molar-refractivity contribution >= 4 is 5.82 Å². The maximum atomic E-state index is 5.56. The highest BCUT2D eigenvalue weighted by molar-refractivity contribution is 5.64. The van der Waals surface area contributed by atoms with Gasteiger partial charge in [0.15, 0.2) is 0 Å². The molecule has 1 N–H and O–H groups in total. The monoisotopic (exact) mass is 285 g/mol. The predicted octanol–water partition coefficient (Wildman–Crippen LogP) is 3.88. The van der Waals surface area contributed by atoms with E-state index in [1.54, 1.807) is 0 Å². The molecule has 4 nitrogen and oxygen atoms in total. The Balaban J connectivity index is 2.50. The first-order chi connectivity index (χ1) is 9.94. The molecule has 2 rings (SSSR count). The third kappa shape index (κ3) is 3.72. The summed E-state index contributed by atoms with van der Waals surface area (Å²) >= 11 is 0. The van der Waals surface area contributed by atoms with E-state index < -0.39 is 0 Å². The summed E-state index contributed by atoms with van der Waals surface area (Å²) in [5, 5.41) is 3.11. The van der Waals surface area contributed by atoms with Gasteiger partial charge in [0.2, 0.25) is 0 Å². The van der Waals surface area contributed by atoms with Gasteiger partial charge in [-0.1, -0.05) is 32.9 Å². The first kappa shape index (κ1) is 15.3. The number of hydrogen-bond acceptors (Lipinski definition) is 4. The molecule has 2 aromatic rings. The molecule has 0 radical (unpaired) electrons. The van der Waals surface area contributed by atoms with E-state index in [0.29, 0.717) is 6.61 Å². The highest BCUT2D eigenvalue weighted by atomic mass is 16.5. The van der Waals surface area contributed by atoms with Gasteiger partial charge in [-0.3, -0.25) is 0 Å². The molecule has 0 aliphatic carbocycles. The van der Waals surface area contributed by atoms with Gasteiger partial charge in [0.25, 0.3) is 0 Å². The maximum Gasteiger partial charge on any atom is 0.136 e. The smallest absolute Gasteiger partial charge is 0.136 e. The quantitative estimate of drug-likeness (QED) is 0.926. The normalized spacial score (nSPS) is 11.3. The predicted molar refractivity (Wildman–Crippen MR) is 86.9 cm³/mol. The van der Waals surface area contributed by atoms with Crippen molar-refractivity contribution in [3.63, 3.8) is 0 Å². The molecule has 0 atom stereocenters.